The van der Waals surface area contributed by atoms with Gasteiger partial charge in [0.25, 0.3) is 5.91 Å². The molecule has 22 heavy (non-hydrogen) atoms. The molecule has 1 amide bonds. The molecule has 114 valence electrons. The standard InChI is InChI=1S/C16H19N5O/c1-3-5-6-8-21-15-11(9-18-21)14(17)13-12(19-15)10-20(7-4-2)16(13)22/h2,9H,3,5-8,10H2,1H3,(H2,17,19). The zero-order valence-corrected chi connectivity index (χ0v) is 12.7. The van der Waals surface area contributed by atoms with E-state index in [1.54, 1.807) is 11.1 Å². The maximum absolute atomic E-state index is 12.4. The minimum atomic E-state index is -0.140. The molecule has 0 radical (unpaired) electrons. The summed E-state index contributed by atoms with van der Waals surface area (Å²) in [5, 5.41) is 5.11. The Morgan fingerprint density at radius 1 is 1.45 bits per heavy atom. The molecule has 3 heterocycles. The van der Waals surface area contributed by atoms with E-state index in [1.165, 1.54) is 0 Å². The predicted molar refractivity (Wildman–Crippen MR) is 85.0 cm³/mol. The Kier molecular flexibility index (Phi) is 3.72. The summed E-state index contributed by atoms with van der Waals surface area (Å²) < 4.78 is 1.87. The number of carbonyl (C=O) groups excluding carboxylic acids is 1. The first kappa shape index (κ1) is 14.4. The van der Waals surface area contributed by atoms with E-state index in [4.69, 9.17) is 12.2 Å². The van der Waals surface area contributed by atoms with Crippen molar-refractivity contribution in [1.82, 2.24) is 19.7 Å². The van der Waals surface area contributed by atoms with Crippen LogP contribution >= 0.6 is 0 Å². The van der Waals surface area contributed by atoms with Gasteiger partial charge in [-0.15, -0.1) is 6.42 Å². The lowest BCUT2D eigenvalue weighted by Gasteiger charge is -2.10. The molecule has 0 saturated heterocycles. The van der Waals surface area contributed by atoms with Crippen molar-refractivity contribution in [2.75, 3.05) is 12.3 Å². The lowest BCUT2D eigenvalue weighted by Crippen LogP contribution is -2.24. The molecule has 1 aliphatic heterocycles. The second kappa shape index (κ2) is 5.68. The number of nitrogens with two attached hydrogens (primary N) is 1. The van der Waals surface area contributed by atoms with Gasteiger partial charge in [0.15, 0.2) is 5.65 Å². The van der Waals surface area contributed by atoms with Crippen LogP contribution in [-0.4, -0.2) is 32.1 Å². The van der Waals surface area contributed by atoms with Crippen LogP contribution in [0.3, 0.4) is 0 Å². The number of hydrogen-bond acceptors (Lipinski definition) is 4. The molecule has 0 unspecified atom stereocenters. The molecule has 0 spiro atoms. The molecule has 0 aromatic carbocycles. The van der Waals surface area contributed by atoms with E-state index in [9.17, 15) is 4.79 Å². The normalized spacial score (nSPS) is 13.6. The number of nitrogen functional groups attached to an aromatic ring is 1. The summed E-state index contributed by atoms with van der Waals surface area (Å²) in [4.78, 5) is 18.6. The maximum Gasteiger partial charge on any atom is 0.259 e. The number of nitrogens with zero attached hydrogens (tertiary/aromatic N) is 4. The highest BCUT2D eigenvalue weighted by Crippen LogP contribution is 2.31. The van der Waals surface area contributed by atoms with Crippen molar-refractivity contribution in [2.24, 2.45) is 0 Å². The number of rotatable bonds is 5. The van der Waals surface area contributed by atoms with Crippen LogP contribution in [0.1, 0.15) is 42.2 Å². The average molecular weight is 297 g/mol. The Balaban J connectivity index is 2.01. The van der Waals surface area contributed by atoms with Gasteiger partial charge in [0.1, 0.15) is 0 Å². The van der Waals surface area contributed by atoms with Crippen molar-refractivity contribution in [3.63, 3.8) is 0 Å². The van der Waals surface area contributed by atoms with Crippen molar-refractivity contribution in [2.45, 2.75) is 39.3 Å². The van der Waals surface area contributed by atoms with Crippen molar-refractivity contribution < 1.29 is 4.79 Å². The van der Waals surface area contributed by atoms with Gasteiger partial charge in [-0.05, 0) is 6.42 Å². The molecule has 0 aliphatic carbocycles. The van der Waals surface area contributed by atoms with Gasteiger partial charge in [-0.3, -0.25) is 4.79 Å². The molecule has 0 atom stereocenters. The van der Waals surface area contributed by atoms with E-state index < -0.39 is 0 Å². The lowest BCUT2D eigenvalue weighted by atomic mass is 10.1. The van der Waals surface area contributed by atoms with Crippen LogP contribution in [0.5, 0.6) is 0 Å². The maximum atomic E-state index is 12.4. The molecule has 0 fully saturated rings. The van der Waals surface area contributed by atoms with Crippen LogP contribution in [0.4, 0.5) is 5.69 Å². The fourth-order valence-electron chi connectivity index (χ4n) is 2.84. The molecular weight excluding hydrogens is 278 g/mol. The zero-order chi connectivity index (χ0) is 15.7. The number of hydrogen-bond donors (Lipinski definition) is 1. The van der Waals surface area contributed by atoms with E-state index >= 15 is 0 Å². The third kappa shape index (κ3) is 2.19. The van der Waals surface area contributed by atoms with Crippen molar-refractivity contribution in [3.8, 4) is 12.3 Å². The van der Waals surface area contributed by atoms with Crippen LogP contribution in [-0.2, 0) is 13.1 Å². The van der Waals surface area contributed by atoms with Gasteiger partial charge >= 0.3 is 0 Å². The molecule has 2 aromatic heterocycles. The third-order valence-corrected chi connectivity index (χ3v) is 4.00. The largest absolute Gasteiger partial charge is 0.397 e. The minimum absolute atomic E-state index is 0.140. The summed E-state index contributed by atoms with van der Waals surface area (Å²) in [7, 11) is 0. The summed E-state index contributed by atoms with van der Waals surface area (Å²) in [6.45, 7) is 3.66. The van der Waals surface area contributed by atoms with Gasteiger partial charge in [-0.1, -0.05) is 25.7 Å². The monoisotopic (exact) mass is 297 g/mol. The summed E-state index contributed by atoms with van der Waals surface area (Å²) in [6, 6.07) is 0. The van der Waals surface area contributed by atoms with Gasteiger partial charge in [0, 0.05) is 6.54 Å². The third-order valence-electron chi connectivity index (χ3n) is 4.00. The highest BCUT2D eigenvalue weighted by molar-refractivity contribution is 6.08. The molecule has 3 rings (SSSR count). The Labute approximate surface area is 129 Å². The minimum Gasteiger partial charge on any atom is -0.397 e. The number of unbranched alkanes of at least 4 members (excludes halogenated alkanes) is 2. The molecular formula is C16H19N5O. The highest BCUT2D eigenvalue weighted by atomic mass is 16.2. The summed E-state index contributed by atoms with van der Waals surface area (Å²) >= 11 is 0. The van der Waals surface area contributed by atoms with Gasteiger partial charge in [-0.25, -0.2) is 9.67 Å². The molecule has 2 aromatic rings. The van der Waals surface area contributed by atoms with Crippen LogP contribution < -0.4 is 5.73 Å². The van der Waals surface area contributed by atoms with Crippen molar-refractivity contribution in [3.05, 3.63) is 17.5 Å². The first-order valence-electron chi connectivity index (χ1n) is 7.54. The number of amides is 1. The number of terminal acetylenes is 1. The van der Waals surface area contributed by atoms with Gasteiger partial charge < -0.3 is 10.6 Å². The number of aromatic nitrogens is 3. The fraction of sp³-hybridized carbons (Fsp3) is 0.438. The van der Waals surface area contributed by atoms with E-state index in [2.05, 4.69) is 22.9 Å². The number of fused-ring (bicyclic) bond motifs is 2. The quantitative estimate of drug-likeness (QED) is 0.674. The lowest BCUT2D eigenvalue weighted by molar-refractivity contribution is 0.0799. The predicted octanol–water partition coefficient (Wildman–Crippen LogP) is 1.79. The Bertz CT molecular complexity index is 771. The molecule has 6 heteroatoms. The van der Waals surface area contributed by atoms with E-state index in [0.29, 0.717) is 23.5 Å². The van der Waals surface area contributed by atoms with E-state index in [1.807, 2.05) is 4.68 Å². The van der Waals surface area contributed by atoms with Crippen LogP contribution in [0.2, 0.25) is 0 Å². The molecule has 2 N–H and O–H groups in total. The summed E-state index contributed by atoms with van der Waals surface area (Å²) in [5.41, 5.74) is 8.59. The number of aryl methyl sites for hydroxylation is 1. The highest BCUT2D eigenvalue weighted by Gasteiger charge is 2.32. The summed E-state index contributed by atoms with van der Waals surface area (Å²) in [6.07, 6.45) is 10.4. The van der Waals surface area contributed by atoms with Crippen molar-refractivity contribution >= 4 is 22.6 Å². The van der Waals surface area contributed by atoms with Gasteiger partial charge in [0.05, 0.1) is 41.6 Å². The average Bonchev–Trinajstić information content (AvgIpc) is 3.03. The second-order valence-electron chi connectivity index (χ2n) is 5.52. The van der Waals surface area contributed by atoms with Gasteiger partial charge in [-0.2, -0.15) is 5.10 Å². The second-order valence-corrected chi connectivity index (χ2v) is 5.52. The number of pyridine rings is 1. The zero-order valence-electron chi connectivity index (χ0n) is 12.7. The smallest absolute Gasteiger partial charge is 0.259 e. The van der Waals surface area contributed by atoms with E-state index in [0.717, 1.165) is 36.8 Å². The van der Waals surface area contributed by atoms with E-state index in [-0.39, 0.29) is 12.5 Å². The molecule has 1 aliphatic rings. The molecule has 0 saturated carbocycles. The van der Waals surface area contributed by atoms with Crippen LogP contribution in [0.15, 0.2) is 6.20 Å². The van der Waals surface area contributed by atoms with Crippen LogP contribution in [0, 0.1) is 12.3 Å². The number of anilines is 1. The van der Waals surface area contributed by atoms with Crippen LogP contribution in [0.25, 0.3) is 11.0 Å². The number of carbonyl (C=O) groups is 1. The Hall–Kier alpha value is -2.55. The Morgan fingerprint density at radius 3 is 3.00 bits per heavy atom. The van der Waals surface area contributed by atoms with Crippen molar-refractivity contribution in [1.29, 1.82) is 0 Å². The first-order valence-corrected chi connectivity index (χ1v) is 7.54. The topological polar surface area (TPSA) is 77.0 Å². The fourth-order valence-corrected chi connectivity index (χ4v) is 2.84. The molecule has 6 nitrogen and oxygen atoms in total. The first-order chi connectivity index (χ1) is 10.7. The SMILES string of the molecule is C#CCN1Cc2nc3c(cnn3CCCCC)c(N)c2C1=O. The molecule has 0 bridgehead atoms. The summed E-state index contributed by atoms with van der Waals surface area (Å²) in [5.74, 6) is 2.35. The van der Waals surface area contributed by atoms with Gasteiger partial charge in [0.2, 0.25) is 0 Å². The Morgan fingerprint density at radius 2 is 2.27 bits per heavy atom.